The minimum absolute atomic E-state index is 0.111. The van der Waals surface area contributed by atoms with Crippen molar-refractivity contribution in [3.05, 3.63) is 61.2 Å². The first-order valence-corrected chi connectivity index (χ1v) is 50.0. The van der Waals surface area contributed by atoms with Gasteiger partial charge in [-0.05, 0) is 193 Å². The Balaban J connectivity index is 0.000000708. The number of allylic oxidation sites excluding steroid dienone is 1. The van der Waals surface area contributed by atoms with Crippen LogP contribution in [0, 0.1) is 44.3 Å². The lowest BCUT2D eigenvalue weighted by Gasteiger charge is -2.33. The van der Waals surface area contributed by atoms with Gasteiger partial charge in [0.15, 0.2) is 0 Å². The summed E-state index contributed by atoms with van der Waals surface area (Å²) in [6.07, 6.45) is 5.45. The molecule has 3 aliphatic rings. The number of halogens is 8. The van der Waals surface area contributed by atoms with Crippen molar-refractivity contribution in [3.63, 3.8) is 0 Å². The number of likely N-dealkylation sites (tertiary alicyclic amines) is 1. The summed E-state index contributed by atoms with van der Waals surface area (Å²) in [6, 6.07) is 9.64. The van der Waals surface area contributed by atoms with Crippen molar-refractivity contribution in [3.8, 4) is 34.5 Å². The summed E-state index contributed by atoms with van der Waals surface area (Å²) >= 11 is 25.7. The zero-order valence-electron chi connectivity index (χ0n) is 84.0. The third kappa shape index (κ3) is 43.2. The van der Waals surface area contributed by atoms with Crippen LogP contribution in [0.4, 0.5) is 0 Å². The number of esters is 14. The summed E-state index contributed by atoms with van der Waals surface area (Å²) in [4.78, 5) is 204. The fourth-order valence-electron chi connectivity index (χ4n) is 10.4. The van der Waals surface area contributed by atoms with Gasteiger partial charge in [0.1, 0.15) is 177 Å². The van der Waals surface area contributed by atoms with Crippen molar-refractivity contribution in [2.45, 2.75) is 240 Å². The highest BCUT2D eigenvalue weighted by Crippen LogP contribution is 2.46. The Morgan fingerprint density at radius 2 is 0.532 bits per heavy atom. The third-order valence-electron chi connectivity index (χ3n) is 19.4. The van der Waals surface area contributed by atoms with Gasteiger partial charge in [-0.15, -0.1) is 6.58 Å². The molecule has 139 heavy (non-hydrogen) atoms. The molecule has 3 aliphatic heterocycles. The maximum atomic E-state index is 14.0. The second kappa shape index (κ2) is 53.5. The third-order valence-corrected chi connectivity index (χ3v) is 21.9. The van der Waals surface area contributed by atoms with E-state index in [1.807, 2.05) is 0 Å². The number of amides is 2. The van der Waals surface area contributed by atoms with Crippen molar-refractivity contribution in [2.24, 2.45) is 44.3 Å². The minimum Gasteiger partial charge on any atom is -0.496 e. The van der Waals surface area contributed by atoms with Gasteiger partial charge in [0.2, 0.25) is 11.8 Å². The molecular weight excluding hydrogens is 2350 g/mol. The number of hydrogen-bond acceptors (Lipinski definition) is 35. The highest BCUT2D eigenvalue weighted by molar-refractivity contribution is 9.11. The van der Waals surface area contributed by atoms with E-state index in [2.05, 4.69) is 134 Å². The molecule has 2 amide bonds. The monoisotopic (exact) mass is 2480 g/mol. The Hall–Kier alpha value is -7.36. The Labute approximate surface area is 880 Å². The SMILES string of the molecule is C=CCCCOC(=O)C(C)(COC(=O)C(C)(C)Br)COC(=O)C(C)(C)Br.CC(C)(C)C(=O)OCC(C)(COC(=O)C(C)(C)Br)C(=O)OCC(C)(COC(=O)C(C)(COC(=O)C(C)(C)Br)COC(=O)C(C)(C)Br)C(=O)OCCN1C(=O)[C@@H]2C3C=CC(O3)[C@@H]2C1=O.COc1cc(OC(=O)C(C)(C)C)cc(OC(=O)C(C)(C)Br)c1.COc1cc(OCCOC(=O)C(C)(C)Br)cc(OCCOC(=O)C(C)(C)Br)c1. The Bertz CT molecular complexity index is 4360. The van der Waals surface area contributed by atoms with E-state index in [-0.39, 0.29) is 82.2 Å². The molecule has 44 heteroatoms. The molecule has 2 bridgehead atoms. The van der Waals surface area contributed by atoms with Crippen LogP contribution < -0.4 is 28.4 Å². The molecule has 2 fully saturated rings. The number of methoxy groups -OCH3 is 2. The molecule has 0 saturated carbocycles. The lowest BCUT2D eigenvalue weighted by molar-refractivity contribution is -0.184. The zero-order valence-corrected chi connectivity index (χ0v) is 96.7. The van der Waals surface area contributed by atoms with Crippen LogP contribution >= 0.6 is 127 Å². The summed E-state index contributed by atoms with van der Waals surface area (Å²) in [7, 11) is 3.01. The van der Waals surface area contributed by atoms with Crippen LogP contribution in [-0.2, 0) is 138 Å². The van der Waals surface area contributed by atoms with Gasteiger partial charge in [-0.2, -0.15) is 0 Å². The number of rotatable bonds is 47. The number of imide groups is 1. The largest absolute Gasteiger partial charge is 0.496 e. The Morgan fingerprint density at radius 1 is 0.302 bits per heavy atom. The molecule has 0 spiro atoms. The van der Waals surface area contributed by atoms with E-state index < -0.39 is 215 Å². The number of ether oxygens (including phenoxy) is 19. The number of carbonyl (C=O) groups excluding carboxylic acids is 16. The average Bonchev–Trinajstić information content (AvgIpc) is 1.57. The first kappa shape index (κ1) is 128. The lowest BCUT2D eigenvalue weighted by atomic mass is 9.85. The quantitative estimate of drug-likeness (QED) is 0.0113. The molecule has 36 nitrogen and oxygen atoms in total. The Kier molecular flexibility index (Phi) is 49.1. The van der Waals surface area contributed by atoms with Gasteiger partial charge in [0, 0.05) is 36.4 Å². The standard InChI is InChI=1S/C42H58Br3NO17.C19H26Br2O7.C18H28Br2O6.C16H21BrO5/c1-36(2,3)29(49)57-17-41(11,18-58-30(50)37(4,5)43)34(54)61-21-40(10,33(53)56-16-15-46-27(47)25-23-13-14-24(63-23)26(25)28(46)48)22-62-35(55)42(12,19-59-31(51)38(6,7)44)20-60-32(52)39(8,9)45;1-18(2,20)16(22)27-8-6-25-14-10-13(24-5)11-15(12-14)26-7-9-28-17(23)19(3,4)21;1-7-8-9-10-24-15(23)18(6,11-25-13(21)16(2,3)19)12-26-14(22)17(4,5)20;1-15(2,3)13(18)21-11-7-10(20-6)8-12(9-11)22-14(19)16(4,5)17/h13-14,23-26H,15-22H2,1-12H3;10-12H,6-9H2,1-5H3;7H,1,8-12H2,2-6H3;7-9H,1-6H3/t23?,24?,25-,26+,40?,41?;;;. The molecule has 6 atom stereocenters. The molecule has 0 aromatic heterocycles. The number of benzene rings is 2. The normalized spacial score (nSPS) is 16.3. The maximum Gasteiger partial charge on any atom is 0.327 e. The van der Waals surface area contributed by atoms with Crippen molar-refractivity contribution in [1.29, 1.82) is 0 Å². The smallest absolute Gasteiger partial charge is 0.327 e. The van der Waals surface area contributed by atoms with E-state index in [1.54, 1.807) is 159 Å². The highest BCUT2D eigenvalue weighted by Gasteiger charge is 2.61. The molecule has 2 aromatic rings. The maximum absolute atomic E-state index is 14.0. The molecule has 4 unspecified atom stereocenters. The van der Waals surface area contributed by atoms with Gasteiger partial charge in [-0.25, -0.2) is 0 Å². The highest BCUT2D eigenvalue weighted by atomic mass is 79.9. The first-order valence-electron chi connectivity index (χ1n) is 43.6. The second-order valence-electron chi connectivity index (χ2n) is 39.6. The first-order chi connectivity index (χ1) is 63.2. The van der Waals surface area contributed by atoms with Gasteiger partial charge in [-0.3, -0.25) is 81.6 Å². The van der Waals surface area contributed by atoms with Crippen LogP contribution in [0.5, 0.6) is 34.5 Å². The van der Waals surface area contributed by atoms with E-state index in [0.29, 0.717) is 35.8 Å². The minimum atomic E-state index is -2.03. The van der Waals surface area contributed by atoms with E-state index in [4.69, 9.17) is 90.0 Å². The number of fused-ring (bicyclic) bond motifs is 5. The summed E-state index contributed by atoms with van der Waals surface area (Å²) in [5.74, 6) is -9.35. The van der Waals surface area contributed by atoms with E-state index in [9.17, 15) is 76.7 Å². The second-order valence-corrected chi connectivity index (χ2v) is 55.5. The number of hydrogen-bond donors (Lipinski definition) is 0. The van der Waals surface area contributed by atoms with Crippen LogP contribution in [0.2, 0.25) is 0 Å². The molecule has 2 aromatic carbocycles. The molecule has 0 N–H and O–H groups in total. The van der Waals surface area contributed by atoms with Gasteiger partial charge >= 0.3 is 83.6 Å². The van der Waals surface area contributed by atoms with Crippen LogP contribution in [0.1, 0.15) is 193 Å². The fraction of sp³-hybridized carbons (Fsp3) is 0.663. The van der Waals surface area contributed by atoms with Crippen molar-refractivity contribution < 1.29 is 167 Å². The zero-order chi connectivity index (χ0) is 107. The van der Waals surface area contributed by atoms with Crippen LogP contribution in [-0.4, -0.2) is 260 Å². The van der Waals surface area contributed by atoms with Crippen LogP contribution in [0.25, 0.3) is 0 Å². The molecule has 0 radical (unpaired) electrons. The fourth-order valence-corrected chi connectivity index (χ4v) is 11.3. The molecular formula is C95H133Br8NO35. The van der Waals surface area contributed by atoms with E-state index >= 15 is 0 Å². The van der Waals surface area contributed by atoms with Crippen LogP contribution in [0.3, 0.4) is 0 Å². The van der Waals surface area contributed by atoms with Crippen molar-refractivity contribution >= 4 is 223 Å². The molecule has 784 valence electrons. The van der Waals surface area contributed by atoms with E-state index in [1.165, 1.54) is 89.5 Å². The molecule has 3 heterocycles. The van der Waals surface area contributed by atoms with E-state index in [0.717, 1.165) is 4.90 Å². The summed E-state index contributed by atoms with van der Waals surface area (Å²) < 4.78 is 94.7. The van der Waals surface area contributed by atoms with Crippen molar-refractivity contribution in [2.75, 3.05) is 113 Å². The number of carbonyl (C=O) groups is 16. The number of unbranched alkanes of at least 4 members (excludes halogenated alkanes) is 1. The van der Waals surface area contributed by atoms with Crippen molar-refractivity contribution in [1.82, 2.24) is 4.90 Å². The lowest BCUT2D eigenvalue weighted by Crippen LogP contribution is -2.48. The van der Waals surface area contributed by atoms with Gasteiger partial charge < -0.3 is 90.0 Å². The summed E-state index contributed by atoms with van der Waals surface area (Å²) in [5, 5.41) is 0. The summed E-state index contributed by atoms with van der Waals surface area (Å²) in [5.41, 5.74) is -8.63. The van der Waals surface area contributed by atoms with Crippen LogP contribution in [0.15, 0.2) is 61.2 Å². The molecule has 2 saturated heterocycles. The number of nitrogens with zero attached hydrogens (tertiary/aromatic N) is 1. The van der Waals surface area contributed by atoms with Gasteiger partial charge in [-0.1, -0.05) is 146 Å². The predicted molar refractivity (Wildman–Crippen MR) is 536 cm³/mol. The molecule has 0 aliphatic carbocycles. The topological polar surface area (TPSA) is 452 Å². The average molecular weight is 2490 g/mol. The van der Waals surface area contributed by atoms with Gasteiger partial charge in [0.25, 0.3) is 0 Å². The Morgan fingerprint density at radius 3 is 0.806 bits per heavy atom. The predicted octanol–water partition coefficient (Wildman–Crippen LogP) is 15.9. The van der Waals surface area contributed by atoms with Gasteiger partial charge in [0.05, 0.1) is 62.2 Å². The summed E-state index contributed by atoms with van der Waals surface area (Å²) in [6.45, 7) is 40.1. The molecule has 5 rings (SSSR count). The number of alkyl halides is 8.